The molecule has 0 aromatic heterocycles. The molecule has 1 unspecified atom stereocenters. The molecule has 170 valence electrons. The molecule has 2 N–H and O–H groups in total. The van der Waals surface area contributed by atoms with E-state index in [1.54, 1.807) is 14.2 Å². The maximum atomic E-state index is 10.3. The monoisotopic (exact) mass is 427 g/mol. The van der Waals surface area contributed by atoms with Crippen LogP contribution in [0.3, 0.4) is 0 Å². The average molecular weight is 428 g/mol. The molecule has 0 heterocycles. The molecule has 2 aromatic carbocycles. The van der Waals surface area contributed by atoms with Crippen LogP contribution in [0.4, 0.5) is 0 Å². The van der Waals surface area contributed by atoms with Gasteiger partial charge in [0.1, 0.15) is 18.5 Å². The number of nitrogens with one attached hydrogen (secondary N) is 1. The van der Waals surface area contributed by atoms with Gasteiger partial charge in [0, 0.05) is 6.54 Å². The predicted molar refractivity (Wildman–Crippen MR) is 125 cm³/mol. The molecule has 0 amide bonds. The van der Waals surface area contributed by atoms with Crippen molar-refractivity contribution in [2.45, 2.75) is 57.5 Å². The fourth-order valence-corrected chi connectivity index (χ4v) is 4.31. The van der Waals surface area contributed by atoms with Gasteiger partial charge >= 0.3 is 0 Å². The topological polar surface area (TPSA) is 60.0 Å². The molecule has 0 radical (unpaired) electrons. The molecule has 5 nitrogen and oxygen atoms in total. The highest BCUT2D eigenvalue weighted by Crippen LogP contribution is 2.34. The van der Waals surface area contributed by atoms with E-state index in [1.807, 2.05) is 18.2 Å². The molecule has 1 fully saturated rings. The summed E-state index contributed by atoms with van der Waals surface area (Å²) in [6.07, 6.45) is 6.94. The van der Waals surface area contributed by atoms with Crippen molar-refractivity contribution in [3.8, 4) is 17.2 Å². The third-order valence-corrected chi connectivity index (χ3v) is 6.13. The zero-order chi connectivity index (χ0) is 22.1. The molecule has 0 aliphatic heterocycles. The molecule has 1 atom stereocenters. The van der Waals surface area contributed by atoms with E-state index in [0.29, 0.717) is 12.5 Å². The molecule has 31 heavy (non-hydrogen) atoms. The molecular weight excluding hydrogens is 390 g/mol. The first kappa shape index (κ1) is 23.4. The van der Waals surface area contributed by atoms with Crippen molar-refractivity contribution >= 4 is 0 Å². The first-order valence-electron chi connectivity index (χ1n) is 11.4. The number of hydrogen-bond acceptors (Lipinski definition) is 5. The fourth-order valence-electron chi connectivity index (χ4n) is 4.31. The Labute approximate surface area is 186 Å². The average Bonchev–Trinajstić information content (AvgIpc) is 2.81. The van der Waals surface area contributed by atoms with Crippen LogP contribution in [0.25, 0.3) is 0 Å². The summed E-state index contributed by atoms with van der Waals surface area (Å²) >= 11 is 0. The largest absolute Gasteiger partial charge is 0.493 e. The summed E-state index contributed by atoms with van der Waals surface area (Å²) in [5.41, 5.74) is 3.74. The predicted octanol–water partition coefficient (Wildman–Crippen LogP) is 4.63. The summed E-state index contributed by atoms with van der Waals surface area (Å²) < 4.78 is 16.5. The second-order valence-electron chi connectivity index (χ2n) is 8.47. The Morgan fingerprint density at radius 2 is 1.71 bits per heavy atom. The smallest absolute Gasteiger partial charge is 0.160 e. The molecule has 3 rings (SSSR count). The lowest BCUT2D eigenvalue weighted by molar-refractivity contribution is 0.106. The lowest BCUT2D eigenvalue weighted by Gasteiger charge is -2.23. The van der Waals surface area contributed by atoms with Gasteiger partial charge in [-0.25, -0.2) is 0 Å². The maximum Gasteiger partial charge on any atom is 0.160 e. The van der Waals surface area contributed by atoms with E-state index in [-0.39, 0.29) is 6.61 Å². The first-order valence-corrected chi connectivity index (χ1v) is 11.4. The van der Waals surface area contributed by atoms with Crippen LogP contribution in [0.1, 0.15) is 54.7 Å². The van der Waals surface area contributed by atoms with E-state index in [0.717, 1.165) is 41.3 Å². The van der Waals surface area contributed by atoms with Crippen LogP contribution in [-0.2, 0) is 6.42 Å². The molecule has 0 bridgehead atoms. The normalized spacial score (nSPS) is 15.5. The van der Waals surface area contributed by atoms with E-state index in [1.165, 1.54) is 37.7 Å². The Kier molecular flexibility index (Phi) is 9.04. The van der Waals surface area contributed by atoms with Crippen molar-refractivity contribution in [2.75, 3.05) is 33.9 Å². The highest BCUT2D eigenvalue weighted by atomic mass is 16.5. The summed E-state index contributed by atoms with van der Waals surface area (Å²) in [5, 5.41) is 13.6. The Balaban J connectivity index is 1.38. The van der Waals surface area contributed by atoms with Gasteiger partial charge in [-0.05, 0) is 73.5 Å². The Bertz CT molecular complexity index is 817. The van der Waals surface area contributed by atoms with E-state index >= 15 is 0 Å². The Hall–Kier alpha value is -2.24. The molecule has 1 saturated carbocycles. The van der Waals surface area contributed by atoms with Gasteiger partial charge in [-0.2, -0.15) is 0 Å². The zero-order valence-corrected chi connectivity index (χ0v) is 19.2. The number of benzene rings is 2. The Morgan fingerprint density at radius 3 is 2.42 bits per heavy atom. The third kappa shape index (κ3) is 6.88. The van der Waals surface area contributed by atoms with Gasteiger partial charge in [0.05, 0.1) is 14.2 Å². The van der Waals surface area contributed by atoms with Gasteiger partial charge in [-0.15, -0.1) is 0 Å². The van der Waals surface area contributed by atoms with E-state index in [9.17, 15) is 5.11 Å². The minimum absolute atomic E-state index is 0.285. The van der Waals surface area contributed by atoms with Crippen molar-refractivity contribution < 1.29 is 19.3 Å². The molecule has 0 spiro atoms. The number of aliphatic hydroxyl groups excluding tert-OH is 1. The number of rotatable bonds is 11. The summed E-state index contributed by atoms with van der Waals surface area (Å²) in [7, 11) is 3.27. The maximum absolute atomic E-state index is 10.3. The van der Waals surface area contributed by atoms with Crippen LogP contribution < -0.4 is 19.5 Å². The van der Waals surface area contributed by atoms with E-state index < -0.39 is 6.10 Å². The first-order chi connectivity index (χ1) is 15.1. The Morgan fingerprint density at radius 1 is 0.968 bits per heavy atom. The van der Waals surface area contributed by atoms with Crippen LogP contribution >= 0.6 is 0 Å². The summed E-state index contributed by atoms with van der Waals surface area (Å²) in [4.78, 5) is 0. The number of ether oxygens (including phenoxy) is 3. The highest BCUT2D eigenvalue weighted by Gasteiger charge is 2.16. The third-order valence-electron chi connectivity index (χ3n) is 6.13. The van der Waals surface area contributed by atoms with E-state index in [4.69, 9.17) is 14.2 Å². The second-order valence-corrected chi connectivity index (χ2v) is 8.47. The van der Waals surface area contributed by atoms with Crippen LogP contribution in [0.15, 0.2) is 36.4 Å². The van der Waals surface area contributed by atoms with Crippen LogP contribution in [-0.4, -0.2) is 45.1 Å². The molecule has 5 heteroatoms. The lowest BCUT2D eigenvalue weighted by atomic mass is 9.83. The van der Waals surface area contributed by atoms with Crippen molar-refractivity contribution in [3.05, 3.63) is 53.1 Å². The lowest BCUT2D eigenvalue weighted by Crippen LogP contribution is -2.32. The number of aryl methyl sites for hydroxylation is 1. The molecule has 1 aliphatic carbocycles. The van der Waals surface area contributed by atoms with Gasteiger partial charge in [0.15, 0.2) is 11.5 Å². The molecule has 0 saturated heterocycles. The van der Waals surface area contributed by atoms with Crippen molar-refractivity contribution in [2.24, 2.45) is 0 Å². The zero-order valence-electron chi connectivity index (χ0n) is 19.2. The van der Waals surface area contributed by atoms with Crippen LogP contribution in [0, 0.1) is 6.92 Å². The SMILES string of the molecule is COc1ccc(CCNCC(O)COc2ccc(C3CCCCC3)cc2C)cc1OC. The number of methoxy groups -OCH3 is 2. The summed E-state index contributed by atoms with van der Waals surface area (Å²) in [5.74, 6) is 3.03. The standard InChI is InChI=1S/C26H37NO4/c1-19-15-22(21-7-5-4-6-8-21)10-12-24(19)31-18-23(28)17-27-14-13-20-9-11-25(29-2)26(16-20)30-3/h9-12,15-16,21,23,27-28H,4-8,13-14,17-18H2,1-3H3. The highest BCUT2D eigenvalue weighted by molar-refractivity contribution is 5.43. The second kappa shape index (κ2) is 12.0. The van der Waals surface area contributed by atoms with Gasteiger partial charge in [-0.3, -0.25) is 0 Å². The van der Waals surface area contributed by atoms with Gasteiger partial charge in [-0.1, -0.05) is 37.5 Å². The molecular formula is C26H37NO4. The minimum Gasteiger partial charge on any atom is -0.493 e. The van der Waals surface area contributed by atoms with Gasteiger partial charge < -0.3 is 24.6 Å². The number of aliphatic hydroxyl groups is 1. The fraction of sp³-hybridized carbons (Fsp3) is 0.538. The van der Waals surface area contributed by atoms with Crippen molar-refractivity contribution in [1.29, 1.82) is 0 Å². The molecule has 1 aliphatic rings. The summed E-state index contributed by atoms with van der Waals surface area (Å²) in [6.45, 7) is 3.64. The van der Waals surface area contributed by atoms with Crippen molar-refractivity contribution in [1.82, 2.24) is 5.32 Å². The molecule has 2 aromatic rings. The van der Waals surface area contributed by atoms with Gasteiger partial charge in [0.2, 0.25) is 0 Å². The quantitative estimate of drug-likeness (QED) is 0.512. The van der Waals surface area contributed by atoms with E-state index in [2.05, 4.69) is 30.4 Å². The van der Waals surface area contributed by atoms with Crippen LogP contribution in [0.5, 0.6) is 17.2 Å². The van der Waals surface area contributed by atoms with Gasteiger partial charge in [0.25, 0.3) is 0 Å². The van der Waals surface area contributed by atoms with Crippen molar-refractivity contribution in [3.63, 3.8) is 0 Å². The minimum atomic E-state index is -0.553. The number of hydrogen-bond donors (Lipinski definition) is 2. The summed E-state index contributed by atoms with van der Waals surface area (Å²) in [6, 6.07) is 12.5. The van der Waals surface area contributed by atoms with Crippen LogP contribution in [0.2, 0.25) is 0 Å².